The summed E-state index contributed by atoms with van der Waals surface area (Å²) in [6, 6.07) is 9.90. The van der Waals surface area contributed by atoms with Crippen molar-refractivity contribution >= 4 is 33.9 Å². The first-order valence-electron chi connectivity index (χ1n) is 13.2. The Morgan fingerprint density at radius 1 is 1.28 bits per heavy atom. The highest BCUT2D eigenvalue weighted by Gasteiger charge is 2.53. The Kier molecular flexibility index (Phi) is 5.94. The minimum atomic E-state index is -2.68. The van der Waals surface area contributed by atoms with Gasteiger partial charge in [-0.25, -0.2) is 13.2 Å². The molecule has 39 heavy (non-hydrogen) atoms. The molecular formula is C28H27ClF3N7. The van der Waals surface area contributed by atoms with Crippen molar-refractivity contribution in [3.05, 3.63) is 76.5 Å². The molecule has 4 N–H and O–H groups in total. The summed E-state index contributed by atoms with van der Waals surface area (Å²) in [5, 5.41) is 18.9. The minimum absolute atomic E-state index is 0.238. The normalized spacial score (nSPS) is 21.2. The van der Waals surface area contributed by atoms with Gasteiger partial charge < -0.3 is 16.1 Å². The molecule has 6 rings (SSSR count). The number of nitrogens with one attached hydrogen (secondary N) is 4. The van der Waals surface area contributed by atoms with Crippen molar-refractivity contribution in [2.45, 2.75) is 50.6 Å². The highest BCUT2D eigenvalue weighted by atomic mass is 35.5. The zero-order valence-electron chi connectivity index (χ0n) is 22.1. The SMILES string of the molecule is [2H]C(Nc1cc(Cl)c2ncc(C#N)c(NCC3(C)CC(F)(F)C3)c2c1)(C1=CN(C2CC2)NN1)c1ccc(F)cc1. The van der Waals surface area contributed by atoms with Crippen molar-refractivity contribution in [2.24, 2.45) is 5.41 Å². The van der Waals surface area contributed by atoms with Crippen molar-refractivity contribution in [3.8, 4) is 6.07 Å². The largest absolute Gasteiger partial charge is 0.383 e. The molecule has 2 heterocycles. The summed E-state index contributed by atoms with van der Waals surface area (Å²) in [5.41, 5.74) is 8.05. The standard InChI is InChI=1S/C28H27ClF3N7/c1-27(13-28(31,32)14-27)15-35-24-17(10-33)11-34-26-21(24)8-19(9-22(26)29)36-25(16-2-4-18(30)5-3-16)23-12-39(38-37-23)20-6-7-20/h2-5,8-9,11-12,20,25,36-38H,6-7,13-15H2,1H3,(H,34,35)/i25D. The van der Waals surface area contributed by atoms with Gasteiger partial charge in [0.2, 0.25) is 5.92 Å². The molecule has 0 amide bonds. The quantitative estimate of drug-likeness (QED) is 0.262. The minimum Gasteiger partial charge on any atom is -0.383 e. The molecule has 2 fully saturated rings. The van der Waals surface area contributed by atoms with Crippen molar-refractivity contribution in [1.82, 2.24) is 21.0 Å². The molecule has 0 radical (unpaired) electrons. The summed E-state index contributed by atoms with van der Waals surface area (Å²) in [6.45, 7) is 2.02. The molecule has 11 heteroatoms. The van der Waals surface area contributed by atoms with Crippen molar-refractivity contribution in [1.29, 1.82) is 5.26 Å². The predicted octanol–water partition coefficient (Wildman–Crippen LogP) is 6.23. The molecule has 2 aromatic carbocycles. The molecule has 3 aromatic rings. The van der Waals surface area contributed by atoms with Crippen molar-refractivity contribution in [2.75, 3.05) is 17.2 Å². The van der Waals surface area contributed by atoms with Crippen LogP contribution in [0.1, 0.15) is 51.1 Å². The van der Waals surface area contributed by atoms with Gasteiger partial charge in [0.25, 0.3) is 0 Å². The van der Waals surface area contributed by atoms with Gasteiger partial charge in [-0.15, -0.1) is 5.53 Å². The number of alkyl halides is 2. The van der Waals surface area contributed by atoms with E-state index in [1.165, 1.54) is 30.5 Å². The van der Waals surface area contributed by atoms with Crippen LogP contribution in [0.5, 0.6) is 0 Å². The van der Waals surface area contributed by atoms with Crippen LogP contribution in [0.2, 0.25) is 5.02 Å². The van der Waals surface area contributed by atoms with Gasteiger partial charge in [0.05, 0.1) is 34.9 Å². The van der Waals surface area contributed by atoms with Crippen molar-refractivity contribution < 1.29 is 14.5 Å². The smallest absolute Gasteiger partial charge is 0.249 e. The van der Waals surface area contributed by atoms with Gasteiger partial charge in [-0.05, 0) is 48.1 Å². The van der Waals surface area contributed by atoms with E-state index in [-0.39, 0.29) is 30.0 Å². The summed E-state index contributed by atoms with van der Waals surface area (Å²) >= 11 is 6.65. The topological polar surface area (TPSA) is 88.0 Å². The first-order valence-corrected chi connectivity index (χ1v) is 13.1. The van der Waals surface area contributed by atoms with Gasteiger partial charge in [-0.3, -0.25) is 9.99 Å². The maximum Gasteiger partial charge on any atom is 0.249 e. The zero-order chi connectivity index (χ0) is 28.3. The molecule has 1 unspecified atom stereocenters. The van der Waals surface area contributed by atoms with Gasteiger partial charge in [0.1, 0.15) is 11.9 Å². The number of hydrazine groups is 2. The Morgan fingerprint density at radius 3 is 2.69 bits per heavy atom. The van der Waals surface area contributed by atoms with Gasteiger partial charge in [-0.1, -0.05) is 30.7 Å². The second-order valence-electron chi connectivity index (χ2n) is 10.8. The number of pyridine rings is 1. The van der Waals surface area contributed by atoms with Crippen LogP contribution < -0.4 is 21.6 Å². The summed E-state index contributed by atoms with van der Waals surface area (Å²) in [5.74, 6) is -3.10. The number of aromatic nitrogens is 1. The number of nitrogens with zero attached hydrogens (tertiary/aromatic N) is 3. The monoisotopic (exact) mass is 554 g/mol. The fourth-order valence-electron chi connectivity index (χ4n) is 5.29. The van der Waals surface area contributed by atoms with Crippen LogP contribution in [-0.4, -0.2) is 28.5 Å². The summed E-state index contributed by atoms with van der Waals surface area (Å²) in [7, 11) is 0. The molecule has 1 atom stereocenters. The molecule has 1 aromatic heterocycles. The average molecular weight is 555 g/mol. The van der Waals surface area contributed by atoms with Crippen LogP contribution in [0, 0.1) is 22.6 Å². The van der Waals surface area contributed by atoms with Crippen LogP contribution in [0.3, 0.4) is 0 Å². The lowest BCUT2D eigenvalue weighted by atomic mass is 9.67. The maximum atomic E-state index is 13.8. The zero-order valence-corrected chi connectivity index (χ0v) is 21.8. The van der Waals surface area contributed by atoms with E-state index in [0.717, 1.165) is 12.8 Å². The number of halogens is 4. The van der Waals surface area contributed by atoms with Gasteiger partial charge >= 0.3 is 0 Å². The van der Waals surface area contributed by atoms with E-state index in [9.17, 15) is 19.8 Å². The van der Waals surface area contributed by atoms with Crippen LogP contribution in [0.15, 0.2) is 54.5 Å². The summed E-state index contributed by atoms with van der Waals surface area (Å²) in [6.07, 6.45) is 4.82. The third-order valence-corrected chi connectivity index (χ3v) is 7.60. The lowest BCUT2D eigenvalue weighted by Crippen LogP contribution is -2.47. The fourth-order valence-corrected chi connectivity index (χ4v) is 5.56. The van der Waals surface area contributed by atoms with E-state index in [1.54, 1.807) is 19.1 Å². The second kappa shape index (κ2) is 9.50. The third-order valence-electron chi connectivity index (χ3n) is 7.31. The number of hydrogen-bond acceptors (Lipinski definition) is 7. The average Bonchev–Trinajstić information content (AvgIpc) is 3.62. The molecule has 3 aliphatic rings. The predicted molar refractivity (Wildman–Crippen MR) is 144 cm³/mol. The molecule has 2 aliphatic carbocycles. The number of anilines is 2. The van der Waals surface area contributed by atoms with E-state index in [2.05, 4.69) is 32.6 Å². The molecule has 202 valence electrons. The van der Waals surface area contributed by atoms with E-state index in [4.69, 9.17) is 11.6 Å². The lowest BCUT2D eigenvalue weighted by Gasteiger charge is -2.45. The molecule has 0 spiro atoms. The Hall–Kier alpha value is -3.68. The number of hydrogen-bond donors (Lipinski definition) is 4. The molecule has 2 saturated carbocycles. The van der Waals surface area contributed by atoms with E-state index in [1.807, 2.05) is 11.2 Å². The highest BCUT2D eigenvalue weighted by molar-refractivity contribution is 6.35. The summed E-state index contributed by atoms with van der Waals surface area (Å²) in [4.78, 5) is 4.36. The third kappa shape index (κ3) is 5.16. The number of nitriles is 1. The Labute approximate surface area is 230 Å². The first-order chi connectivity index (χ1) is 19.0. The first kappa shape index (κ1) is 24.4. The Morgan fingerprint density at radius 2 is 2.03 bits per heavy atom. The molecule has 7 nitrogen and oxygen atoms in total. The number of fused-ring (bicyclic) bond motifs is 1. The molecule has 0 bridgehead atoms. The maximum absolute atomic E-state index is 13.8. The van der Waals surface area contributed by atoms with Crippen LogP contribution in [0.25, 0.3) is 10.9 Å². The molecule has 0 saturated heterocycles. The van der Waals surface area contributed by atoms with Crippen LogP contribution in [-0.2, 0) is 0 Å². The Bertz CT molecular complexity index is 1550. The van der Waals surface area contributed by atoms with E-state index >= 15 is 0 Å². The van der Waals surface area contributed by atoms with Gasteiger partial charge in [0, 0.05) is 48.9 Å². The fraction of sp³-hybridized carbons (Fsp3) is 0.357. The van der Waals surface area contributed by atoms with Crippen molar-refractivity contribution in [3.63, 3.8) is 0 Å². The lowest BCUT2D eigenvalue weighted by molar-refractivity contribution is -0.148. The summed E-state index contributed by atoms with van der Waals surface area (Å²) < 4.78 is 50.6. The van der Waals surface area contributed by atoms with E-state index in [0.29, 0.717) is 39.6 Å². The molecule has 1 aliphatic heterocycles. The second-order valence-corrected chi connectivity index (χ2v) is 11.2. The molecular weight excluding hydrogens is 527 g/mol. The van der Waals surface area contributed by atoms with E-state index < -0.39 is 23.2 Å². The van der Waals surface area contributed by atoms with Crippen LogP contribution >= 0.6 is 11.6 Å². The Balaban J connectivity index is 1.39. The van der Waals surface area contributed by atoms with Crippen LogP contribution in [0.4, 0.5) is 24.5 Å². The highest BCUT2D eigenvalue weighted by Crippen LogP contribution is 2.52. The number of benzene rings is 2. The van der Waals surface area contributed by atoms with Gasteiger partial charge in [-0.2, -0.15) is 5.26 Å². The number of rotatable bonds is 8. The van der Waals surface area contributed by atoms with Gasteiger partial charge in [0.15, 0.2) is 0 Å².